The molecule has 74 valence electrons. The van der Waals surface area contributed by atoms with Crippen LogP contribution in [0.3, 0.4) is 0 Å². The minimum absolute atomic E-state index is 0.0960. The molecular formula is C8H4F3IN2. The number of nitrogens with zero attached hydrogens (tertiary/aromatic N) is 2. The fourth-order valence-corrected chi connectivity index (χ4v) is 1.55. The van der Waals surface area contributed by atoms with Crippen molar-refractivity contribution in [3.05, 3.63) is 26.8 Å². The van der Waals surface area contributed by atoms with Crippen LogP contribution < -0.4 is 0 Å². The van der Waals surface area contributed by atoms with E-state index in [1.54, 1.807) is 6.07 Å². The zero-order valence-electron chi connectivity index (χ0n) is 6.77. The molecule has 0 aliphatic rings. The van der Waals surface area contributed by atoms with Crippen LogP contribution in [-0.4, -0.2) is 4.98 Å². The van der Waals surface area contributed by atoms with Crippen LogP contribution in [0.5, 0.6) is 0 Å². The quantitative estimate of drug-likeness (QED) is 0.788. The topological polar surface area (TPSA) is 36.7 Å². The van der Waals surface area contributed by atoms with Gasteiger partial charge in [0.15, 0.2) is 5.82 Å². The van der Waals surface area contributed by atoms with Crippen molar-refractivity contribution >= 4 is 22.6 Å². The normalized spacial score (nSPS) is 10.3. The fourth-order valence-electron chi connectivity index (χ4n) is 0.864. The lowest BCUT2D eigenvalue weighted by molar-refractivity contribution is 0.149. The molecule has 1 aromatic heterocycles. The van der Waals surface area contributed by atoms with Gasteiger partial charge in [-0.3, -0.25) is 4.98 Å². The van der Waals surface area contributed by atoms with Gasteiger partial charge in [-0.25, -0.2) is 13.2 Å². The van der Waals surface area contributed by atoms with E-state index in [-0.39, 0.29) is 15.7 Å². The van der Waals surface area contributed by atoms with Gasteiger partial charge in [0, 0.05) is 6.20 Å². The first-order valence-electron chi connectivity index (χ1n) is 3.55. The van der Waals surface area contributed by atoms with Gasteiger partial charge < -0.3 is 0 Å². The Hall–Kier alpha value is -0.840. The molecule has 14 heavy (non-hydrogen) atoms. The standard InChI is InChI=1S/C8H4F3IN2/c9-6-5(1-2-13)14-3-4(7(6)12)8(10)11/h3,8H,1H2. The van der Waals surface area contributed by atoms with Gasteiger partial charge in [-0.2, -0.15) is 5.26 Å². The van der Waals surface area contributed by atoms with Crippen LogP contribution in [0.2, 0.25) is 0 Å². The minimum atomic E-state index is -2.75. The van der Waals surface area contributed by atoms with Crippen molar-refractivity contribution in [1.29, 1.82) is 5.26 Å². The number of pyridine rings is 1. The number of nitriles is 1. The largest absolute Gasteiger partial charge is 0.266 e. The van der Waals surface area contributed by atoms with Gasteiger partial charge in [0.2, 0.25) is 0 Å². The van der Waals surface area contributed by atoms with Crippen LogP contribution in [0.1, 0.15) is 17.7 Å². The molecule has 0 aliphatic carbocycles. The van der Waals surface area contributed by atoms with Crippen LogP contribution in [0, 0.1) is 20.7 Å². The van der Waals surface area contributed by atoms with Gasteiger partial charge in [0.05, 0.1) is 27.3 Å². The molecule has 0 aliphatic heterocycles. The summed E-state index contributed by atoms with van der Waals surface area (Å²) in [6.07, 6.45) is -2.06. The third kappa shape index (κ3) is 2.15. The number of aromatic nitrogens is 1. The van der Waals surface area contributed by atoms with E-state index in [0.29, 0.717) is 0 Å². The molecule has 1 rings (SSSR count). The Kier molecular flexibility index (Phi) is 3.69. The summed E-state index contributed by atoms with van der Waals surface area (Å²) in [5, 5.41) is 8.31. The average Bonchev–Trinajstić information content (AvgIpc) is 2.13. The summed E-state index contributed by atoms with van der Waals surface area (Å²) >= 11 is 1.48. The minimum Gasteiger partial charge on any atom is -0.257 e. The summed E-state index contributed by atoms with van der Waals surface area (Å²) in [4.78, 5) is 3.47. The first-order valence-corrected chi connectivity index (χ1v) is 4.63. The average molecular weight is 312 g/mol. The highest BCUT2D eigenvalue weighted by molar-refractivity contribution is 14.1. The van der Waals surface area contributed by atoms with Crippen molar-refractivity contribution in [2.24, 2.45) is 0 Å². The zero-order chi connectivity index (χ0) is 10.7. The van der Waals surface area contributed by atoms with Crippen LogP contribution in [0.4, 0.5) is 13.2 Å². The molecule has 2 nitrogen and oxygen atoms in total. The molecule has 1 aromatic rings. The Labute approximate surface area is 91.9 Å². The molecule has 0 fully saturated rings. The molecule has 0 amide bonds. The lowest BCUT2D eigenvalue weighted by Crippen LogP contribution is -2.01. The third-order valence-corrected chi connectivity index (χ3v) is 2.64. The number of alkyl halides is 2. The molecule has 1 heterocycles. The molecule has 0 atom stereocenters. The molecule has 0 bridgehead atoms. The van der Waals surface area contributed by atoms with Gasteiger partial charge in [0.1, 0.15) is 0 Å². The molecule has 0 saturated heterocycles. The Morgan fingerprint density at radius 2 is 2.21 bits per heavy atom. The highest BCUT2D eigenvalue weighted by Gasteiger charge is 2.18. The van der Waals surface area contributed by atoms with E-state index in [0.717, 1.165) is 6.20 Å². The van der Waals surface area contributed by atoms with E-state index < -0.39 is 17.8 Å². The lowest BCUT2D eigenvalue weighted by atomic mass is 10.2. The monoisotopic (exact) mass is 312 g/mol. The summed E-state index contributed by atoms with van der Waals surface area (Å²) < 4.78 is 37.6. The Morgan fingerprint density at radius 1 is 1.57 bits per heavy atom. The van der Waals surface area contributed by atoms with Crippen LogP contribution in [0.15, 0.2) is 6.20 Å². The van der Waals surface area contributed by atoms with E-state index in [1.807, 2.05) is 0 Å². The maximum Gasteiger partial charge on any atom is 0.266 e. The smallest absolute Gasteiger partial charge is 0.257 e. The molecular weight excluding hydrogens is 308 g/mol. The fraction of sp³-hybridized carbons (Fsp3) is 0.250. The molecule has 0 unspecified atom stereocenters. The Morgan fingerprint density at radius 3 is 2.71 bits per heavy atom. The van der Waals surface area contributed by atoms with Crippen molar-refractivity contribution in [3.63, 3.8) is 0 Å². The highest BCUT2D eigenvalue weighted by Crippen LogP contribution is 2.26. The predicted molar refractivity (Wildman–Crippen MR) is 51.2 cm³/mol. The van der Waals surface area contributed by atoms with Crippen LogP contribution >= 0.6 is 22.6 Å². The predicted octanol–water partition coefficient (Wildman–Crippen LogP) is 2.83. The van der Waals surface area contributed by atoms with Gasteiger partial charge in [-0.05, 0) is 22.6 Å². The van der Waals surface area contributed by atoms with Crippen LogP contribution in [-0.2, 0) is 6.42 Å². The molecule has 0 spiro atoms. The lowest BCUT2D eigenvalue weighted by Gasteiger charge is -2.05. The van der Waals surface area contributed by atoms with E-state index in [2.05, 4.69) is 4.98 Å². The zero-order valence-corrected chi connectivity index (χ0v) is 8.93. The SMILES string of the molecule is N#CCc1ncc(C(F)F)c(I)c1F. The molecule has 0 aromatic carbocycles. The first kappa shape index (κ1) is 11.2. The summed E-state index contributed by atoms with van der Waals surface area (Å²) in [6.45, 7) is 0. The van der Waals surface area contributed by atoms with E-state index in [9.17, 15) is 13.2 Å². The van der Waals surface area contributed by atoms with Crippen LogP contribution in [0.25, 0.3) is 0 Å². The highest BCUT2D eigenvalue weighted by atomic mass is 127. The number of rotatable bonds is 2. The second-order valence-electron chi connectivity index (χ2n) is 2.42. The van der Waals surface area contributed by atoms with Crippen molar-refractivity contribution in [1.82, 2.24) is 4.98 Å². The van der Waals surface area contributed by atoms with Crippen molar-refractivity contribution in [3.8, 4) is 6.07 Å². The van der Waals surface area contributed by atoms with Gasteiger partial charge in [-0.1, -0.05) is 0 Å². The number of hydrogen-bond donors (Lipinski definition) is 0. The number of halogens is 4. The Balaban J connectivity index is 3.20. The van der Waals surface area contributed by atoms with Crippen molar-refractivity contribution in [2.45, 2.75) is 12.8 Å². The first-order chi connectivity index (χ1) is 6.57. The van der Waals surface area contributed by atoms with E-state index in [4.69, 9.17) is 5.26 Å². The second kappa shape index (κ2) is 4.59. The maximum absolute atomic E-state index is 13.3. The van der Waals surface area contributed by atoms with Gasteiger partial charge in [0.25, 0.3) is 6.43 Å². The number of hydrogen-bond acceptors (Lipinski definition) is 2. The van der Waals surface area contributed by atoms with E-state index >= 15 is 0 Å². The third-order valence-electron chi connectivity index (χ3n) is 1.54. The van der Waals surface area contributed by atoms with Gasteiger partial charge in [-0.15, -0.1) is 0 Å². The van der Waals surface area contributed by atoms with E-state index in [1.165, 1.54) is 22.6 Å². The maximum atomic E-state index is 13.3. The molecule has 0 N–H and O–H groups in total. The second-order valence-corrected chi connectivity index (χ2v) is 3.50. The van der Waals surface area contributed by atoms with Crippen molar-refractivity contribution < 1.29 is 13.2 Å². The Bertz CT molecular complexity index is 387. The molecule has 0 saturated carbocycles. The molecule has 6 heteroatoms. The van der Waals surface area contributed by atoms with Gasteiger partial charge >= 0.3 is 0 Å². The summed E-state index contributed by atoms with van der Waals surface area (Å²) in [5.74, 6) is -0.829. The summed E-state index contributed by atoms with van der Waals surface area (Å²) in [7, 11) is 0. The summed E-state index contributed by atoms with van der Waals surface area (Å²) in [5.41, 5.74) is -0.536. The summed E-state index contributed by atoms with van der Waals surface area (Å²) in [6, 6.07) is 1.71. The van der Waals surface area contributed by atoms with Crippen molar-refractivity contribution in [2.75, 3.05) is 0 Å². The molecule has 0 radical (unpaired) electrons.